The van der Waals surface area contributed by atoms with Crippen molar-refractivity contribution in [3.05, 3.63) is 46.1 Å². The second kappa shape index (κ2) is 7.64. The van der Waals surface area contributed by atoms with Gasteiger partial charge in [-0.2, -0.15) is 5.10 Å². The molecule has 0 saturated heterocycles. The molecule has 1 aliphatic rings. The van der Waals surface area contributed by atoms with E-state index in [-0.39, 0.29) is 0 Å². The van der Waals surface area contributed by atoms with Crippen LogP contribution in [0.25, 0.3) is 0 Å². The minimum Gasteiger partial charge on any atom is -0.370 e. The number of halogens is 1. The fourth-order valence-corrected chi connectivity index (χ4v) is 2.59. The summed E-state index contributed by atoms with van der Waals surface area (Å²) in [6.45, 7) is 8.53. The van der Waals surface area contributed by atoms with Gasteiger partial charge in [-0.1, -0.05) is 55.3 Å². The van der Waals surface area contributed by atoms with Crippen molar-refractivity contribution in [3.63, 3.8) is 0 Å². The van der Waals surface area contributed by atoms with Crippen molar-refractivity contribution in [2.75, 3.05) is 11.9 Å². The van der Waals surface area contributed by atoms with Crippen molar-refractivity contribution < 1.29 is 0 Å². The minimum atomic E-state index is 0.331. The Bertz CT molecular complexity index is 536. The first-order valence-corrected chi connectivity index (χ1v) is 8.52. The molecule has 0 spiro atoms. The fourth-order valence-electron chi connectivity index (χ4n) is 2.33. The quantitative estimate of drug-likeness (QED) is 0.823. The van der Waals surface area contributed by atoms with Crippen LogP contribution in [0.2, 0.25) is 0 Å². The summed E-state index contributed by atoms with van der Waals surface area (Å²) in [5.74, 6) is 1.48. The highest BCUT2D eigenvalue weighted by atomic mass is 79.9. The Morgan fingerprint density at radius 3 is 2.57 bits per heavy atom. The molecule has 1 aliphatic heterocycles. The van der Waals surface area contributed by atoms with Crippen molar-refractivity contribution >= 4 is 21.7 Å². The number of aromatic nitrogens is 2. The lowest BCUT2D eigenvalue weighted by Crippen LogP contribution is -2.17. The Balaban J connectivity index is 0.000000497. The Kier molecular flexibility index (Phi) is 5.85. The van der Waals surface area contributed by atoms with Crippen molar-refractivity contribution in [2.24, 2.45) is 0 Å². The predicted octanol–water partition coefficient (Wildman–Crippen LogP) is 5.03. The van der Waals surface area contributed by atoms with E-state index in [0.29, 0.717) is 5.92 Å². The normalized spacial score (nSPS) is 14.5. The topological polar surface area (TPSA) is 29.9 Å². The van der Waals surface area contributed by atoms with Gasteiger partial charge in [-0.05, 0) is 24.1 Å². The summed E-state index contributed by atoms with van der Waals surface area (Å²) in [5.41, 5.74) is 2.44. The molecule has 0 saturated carbocycles. The molecular formula is C17H24BrN3. The zero-order valence-electron chi connectivity index (χ0n) is 13.1. The molecule has 0 amide bonds. The maximum Gasteiger partial charge on any atom is 0.124 e. The van der Waals surface area contributed by atoms with E-state index in [4.69, 9.17) is 5.10 Å². The molecule has 3 rings (SSSR count). The van der Waals surface area contributed by atoms with E-state index in [9.17, 15) is 0 Å². The number of aryl methyl sites for hydroxylation is 1. The lowest BCUT2D eigenvalue weighted by Gasteiger charge is -2.14. The van der Waals surface area contributed by atoms with Gasteiger partial charge in [-0.15, -0.1) is 0 Å². The van der Waals surface area contributed by atoms with Crippen LogP contribution in [0.4, 0.5) is 5.82 Å². The van der Waals surface area contributed by atoms with E-state index < -0.39 is 0 Å². The average molecular weight is 350 g/mol. The number of benzene rings is 1. The van der Waals surface area contributed by atoms with Gasteiger partial charge in [0.25, 0.3) is 0 Å². The zero-order valence-corrected chi connectivity index (χ0v) is 14.7. The summed E-state index contributed by atoms with van der Waals surface area (Å²) in [5, 5.41) is 8.08. The van der Waals surface area contributed by atoms with Crippen molar-refractivity contribution in [1.29, 1.82) is 0 Å². The van der Waals surface area contributed by atoms with Crippen LogP contribution in [0.5, 0.6) is 0 Å². The van der Waals surface area contributed by atoms with E-state index in [2.05, 4.69) is 77.0 Å². The van der Waals surface area contributed by atoms with Gasteiger partial charge in [0.15, 0.2) is 0 Å². The molecule has 3 nitrogen and oxygen atoms in total. The third-order valence-corrected chi connectivity index (χ3v) is 3.99. The standard InChI is InChI=1S/C14H16BrN3.C3H8/c1-10(11-3-5-12(15)6-4-11)13-9-14-16-7-2-8-18(14)17-13;1-3-2/h3-6,9-10,16H,2,7-8H2,1H3;3H2,1-2H3. The molecule has 1 aromatic heterocycles. The molecule has 114 valence electrons. The number of hydrogen-bond donors (Lipinski definition) is 1. The van der Waals surface area contributed by atoms with Crippen LogP contribution in [0.3, 0.4) is 0 Å². The fraction of sp³-hybridized carbons (Fsp3) is 0.471. The summed E-state index contributed by atoms with van der Waals surface area (Å²) in [7, 11) is 0. The predicted molar refractivity (Wildman–Crippen MR) is 93.0 cm³/mol. The lowest BCUT2D eigenvalue weighted by molar-refractivity contribution is 0.559. The number of rotatable bonds is 2. The zero-order chi connectivity index (χ0) is 15.2. The van der Waals surface area contributed by atoms with Crippen LogP contribution in [-0.4, -0.2) is 16.3 Å². The monoisotopic (exact) mass is 349 g/mol. The van der Waals surface area contributed by atoms with Gasteiger partial charge >= 0.3 is 0 Å². The maximum atomic E-state index is 4.69. The van der Waals surface area contributed by atoms with Gasteiger partial charge in [0.1, 0.15) is 5.82 Å². The summed E-state index contributed by atoms with van der Waals surface area (Å²) < 4.78 is 3.19. The van der Waals surface area contributed by atoms with E-state index >= 15 is 0 Å². The summed E-state index contributed by atoms with van der Waals surface area (Å²) in [6, 6.07) is 10.6. The van der Waals surface area contributed by atoms with Gasteiger partial charge in [0, 0.05) is 29.5 Å². The minimum absolute atomic E-state index is 0.331. The first-order valence-electron chi connectivity index (χ1n) is 7.72. The van der Waals surface area contributed by atoms with E-state index in [0.717, 1.165) is 35.5 Å². The largest absolute Gasteiger partial charge is 0.370 e. The SMILES string of the molecule is CC(c1ccc(Br)cc1)c1cc2n(n1)CCCN2.CCC. The number of fused-ring (bicyclic) bond motifs is 1. The molecule has 2 aromatic rings. The first-order chi connectivity index (χ1) is 10.2. The molecular weight excluding hydrogens is 326 g/mol. The Morgan fingerprint density at radius 2 is 1.95 bits per heavy atom. The van der Waals surface area contributed by atoms with Crippen LogP contribution in [0, 0.1) is 0 Å². The Hall–Kier alpha value is -1.29. The summed E-state index contributed by atoms with van der Waals surface area (Å²) in [6.07, 6.45) is 2.40. The smallest absolute Gasteiger partial charge is 0.124 e. The van der Waals surface area contributed by atoms with Crippen LogP contribution < -0.4 is 5.32 Å². The van der Waals surface area contributed by atoms with Crippen LogP contribution >= 0.6 is 15.9 Å². The second-order valence-corrected chi connectivity index (χ2v) is 6.35. The van der Waals surface area contributed by atoms with Crippen LogP contribution in [-0.2, 0) is 6.54 Å². The number of hydrogen-bond acceptors (Lipinski definition) is 2. The molecule has 1 unspecified atom stereocenters. The highest BCUT2D eigenvalue weighted by molar-refractivity contribution is 9.10. The van der Waals surface area contributed by atoms with E-state index in [1.807, 2.05) is 0 Å². The molecule has 21 heavy (non-hydrogen) atoms. The molecule has 0 aliphatic carbocycles. The number of nitrogens with zero attached hydrogens (tertiary/aromatic N) is 2. The Labute approximate surface area is 135 Å². The second-order valence-electron chi connectivity index (χ2n) is 5.44. The van der Waals surface area contributed by atoms with Gasteiger partial charge in [-0.25, -0.2) is 4.68 Å². The average Bonchev–Trinajstić information content (AvgIpc) is 2.92. The van der Waals surface area contributed by atoms with Crippen LogP contribution in [0.15, 0.2) is 34.8 Å². The highest BCUT2D eigenvalue weighted by Gasteiger charge is 2.16. The van der Waals surface area contributed by atoms with Gasteiger partial charge in [0.2, 0.25) is 0 Å². The molecule has 1 atom stereocenters. The Morgan fingerprint density at radius 1 is 1.29 bits per heavy atom. The van der Waals surface area contributed by atoms with Gasteiger partial charge in [-0.3, -0.25) is 0 Å². The van der Waals surface area contributed by atoms with E-state index in [1.54, 1.807) is 0 Å². The third-order valence-electron chi connectivity index (χ3n) is 3.47. The highest BCUT2D eigenvalue weighted by Crippen LogP contribution is 2.27. The van der Waals surface area contributed by atoms with Crippen LogP contribution in [0.1, 0.15) is 50.8 Å². The lowest BCUT2D eigenvalue weighted by atomic mass is 9.98. The number of nitrogens with one attached hydrogen (secondary N) is 1. The van der Waals surface area contributed by atoms with E-state index in [1.165, 1.54) is 12.0 Å². The maximum absolute atomic E-state index is 4.69. The summed E-state index contributed by atoms with van der Waals surface area (Å²) in [4.78, 5) is 0. The molecule has 0 radical (unpaired) electrons. The molecule has 2 heterocycles. The summed E-state index contributed by atoms with van der Waals surface area (Å²) >= 11 is 3.47. The molecule has 0 fully saturated rings. The first kappa shape index (κ1) is 16.1. The van der Waals surface area contributed by atoms with Gasteiger partial charge in [0.05, 0.1) is 5.69 Å². The van der Waals surface area contributed by atoms with Crippen molar-refractivity contribution in [1.82, 2.24) is 9.78 Å². The molecule has 4 heteroatoms. The van der Waals surface area contributed by atoms with Crippen molar-refractivity contribution in [3.8, 4) is 0 Å². The van der Waals surface area contributed by atoms with Gasteiger partial charge < -0.3 is 5.32 Å². The molecule has 1 N–H and O–H groups in total. The molecule has 0 bridgehead atoms. The van der Waals surface area contributed by atoms with Crippen molar-refractivity contribution in [2.45, 2.75) is 46.1 Å². The number of anilines is 1. The molecule has 1 aromatic carbocycles. The third kappa shape index (κ3) is 4.10.